The van der Waals surface area contributed by atoms with Crippen LogP contribution in [0, 0.1) is 0 Å². The van der Waals surface area contributed by atoms with Crippen molar-refractivity contribution in [2.24, 2.45) is 0 Å². The minimum Gasteiger partial charge on any atom is -0.285 e. The smallest absolute Gasteiger partial charge is 0.175 e. The Morgan fingerprint density at radius 3 is 1.11 bits per heavy atom. The van der Waals surface area contributed by atoms with Crippen LogP contribution < -0.4 is 0 Å². The second-order valence-corrected chi connectivity index (χ2v) is 11.7. The summed E-state index contributed by atoms with van der Waals surface area (Å²) >= 11 is 21.5. The Hall–Kier alpha value is 1.72. The van der Waals surface area contributed by atoms with Crippen molar-refractivity contribution in [2.75, 3.05) is 0 Å². The van der Waals surface area contributed by atoms with E-state index in [0.29, 0.717) is 0 Å². The van der Waals surface area contributed by atoms with Crippen molar-refractivity contribution in [1.82, 2.24) is 0 Å². The number of halogens is 4. The number of hydrogen-bond acceptors (Lipinski definition) is 1. The van der Waals surface area contributed by atoms with Gasteiger partial charge in [0.25, 0.3) is 0 Å². The van der Waals surface area contributed by atoms with Gasteiger partial charge >= 0.3 is 0 Å². The van der Waals surface area contributed by atoms with E-state index < -0.39 is 11.6 Å². The fraction of sp³-hybridized carbons (Fsp3) is 0. The van der Waals surface area contributed by atoms with E-state index >= 15 is 0 Å². The topological polar surface area (TPSA) is 9.23 Å². The van der Waals surface area contributed by atoms with Crippen LogP contribution in [0.5, 0.6) is 0 Å². The number of rotatable bonds is 2. The Morgan fingerprint density at radius 2 is 1.11 bits per heavy atom. The average molecular weight is 248 g/mol. The Morgan fingerprint density at radius 1 is 0.889 bits per heavy atom. The van der Waals surface area contributed by atoms with Gasteiger partial charge < -0.3 is 0 Å². The van der Waals surface area contributed by atoms with Crippen LogP contribution in [0.4, 0.5) is 0 Å². The molecule has 0 rings (SSSR count). The van der Waals surface area contributed by atoms with Crippen LogP contribution in [0.15, 0.2) is 0 Å². The molecule has 0 unspecified atom stereocenters. The molecule has 0 aromatic rings. The quantitative estimate of drug-likeness (QED) is 0.660. The summed E-state index contributed by atoms with van der Waals surface area (Å²) in [6.07, 6.45) is 6.59. The van der Waals surface area contributed by atoms with Crippen LogP contribution in [-0.4, -0.2) is 12.6 Å². The van der Waals surface area contributed by atoms with Gasteiger partial charge in [0.15, 0.2) is 11.6 Å². The fourth-order valence-electron chi connectivity index (χ4n) is 0.175. The van der Waals surface area contributed by atoms with Crippen molar-refractivity contribution in [3.05, 3.63) is 0 Å². The lowest BCUT2D eigenvalue weighted by Crippen LogP contribution is -1.64. The molecule has 0 amide bonds. The van der Waals surface area contributed by atoms with E-state index in [-0.39, 0.29) is 0 Å². The van der Waals surface area contributed by atoms with Gasteiger partial charge in [-0.25, -0.2) is 0 Å². The lowest BCUT2D eigenvalue weighted by Gasteiger charge is -2.12. The summed E-state index contributed by atoms with van der Waals surface area (Å²) in [5.41, 5.74) is 0. The molecule has 0 atom stereocenters. The van der Waals surface area contributed by atoms with Crippen molar-refractivity contribution < 1.29 is 4.31 Å². The second kappa shape index (κ2) is 3.41. The third-order valence-corrected chi connectivity index (χ3v) is 4.37. The van der Waals surface area contributed by atoms with Crippen LogP contribution in [-0.2, 0) is 4.31 Å². The van der Waals surface area contributed by atoms with Gasteiger partial charge in [-0.3, -0.25) is 4.31 Å². The highest BCUT2D eigenvalue weighted by Crippen LogP contribution is 2.73. The van der Waals surface area contributed by atoms with Crippen molar-refractivity contribution >= 4 is 69.2 Å². The summed E-state index contributed by atoms with van der Waals surface area (Å²) in [5.74, 6) is -5.24. The summed E-state index contributed by atoms with van der Waals surface area (Å²) < 4.78 is 4.69. The van der Waals surface area contributed by atoms with Gasteiger partial charge in [-0.15, -0.1) is 0 Å². The van der Waals surface area contributed by atoms with Crippen molar-refractivity contribution in [2.45, 2.75) is 0 Å². The Balaban J connectivity index is 4.07. The highest BCUT2D eigenvalue weighted by Gasteiger charge is 2.14. The zero-order valence-electron chi connectivity index (χ0n) is 4.23. The van der Waals surface area contributed by atoms with Gasteiger partial charge in [0.05, 0.1) is 0 Å². The van der Waals surface area contributed by atoms with E-state index in [0.717, 1.165) is 0 Å². The molecular formula is C2H4Cl4OP2. The largest absolute Gasteiger partial charge is 0.285 e. The maximum atomic E-state index is 5.38. The molecule has 56 valence electrons. The molecule has 0 N–H and O–H groups in total. The van der Waals surface area contributed by atoms with Crippen LogP contribution >= 0.6 is 56.6 Å². The molecule has 1 nitrogen and oxygen atoms in total. The Bertz CT molecular complexity index is 157. The molecule has 0 aliphatic rings. The van der Waals surface area contributed by atoms with E-state index in [1.54, 1.807) is 0 Å². The van der Waals surface area contributed by atoms with Crippen molar-refractivity contribution in [3.8, 4) is 0 Å². The van der Waals surface area contributed by atoms with Gasteiger partial charge in [-0.05, 0) is 12.6 Å². The summed E-state index contributed by atoms with van der Waals surface area (Å²) in [5, 5.41) is 0. The molecule has 0 aromatic carbocycles. The van der Waals surface area contributed by atoms with Crippen LogP contribution in [0.3, 0.4) is 0 Å². The zero-order valence-corrected chi connectivity index (χ0v) is 9.04. The van der Waals surface area contributed by atoms with E-state index in [4.69, 9.17) is 45.0 Å². The third kappa shape index (κ3) is 9.72. The van der Waals surface area contributed by atoms with E-state index in [2.05, 4.69) is 16.9 Å². The minimum atomic E-state index is -2.62. The standard InChI is InChI=1S/C2H4Cl4OP2/c1-8(3,4)7-9(2,5)6/h1-2H2. The van der Waals surface area contributed by atoms with E-state index in [1.165, 1.54) is 0 Å². The lowest BCUT2D eigenvalue weighted by molar-refractivity contribution is 0.733. The first-order valence-electron chi connectivity index (χ1n) is 1.67. The SMILES string of the molecule is C=P(Cl)(Cl)OP(=C)(Cl)Cl. The Kier molecular flexibility index (Phi) is 4.06. The first kappa shape index (κ1) is 10.7. The second-order valence-electron chi connectivity index (χ2n) is 1.22. The molecule has 0 radical (unpaired) electrons. The van der Waals surface area contributed by atoms with Crippen molar-refractivity contribution in [1.29, 1.82) is 0 Å². The van der Waals surface area contributed by atoms with Gasteiger partial charge in [0.1, 0.15) is 0 Å². The van der Waals surface area contributed by atoms with E-state index in [9.17, 15) is 0 Å². The predicted molar refractivity (Wildman–Crippen MR) is 52.6 cm³/mol. The van der Waals surface area contributed by atoms with Crippen LogP contribution in [0.25, 0.3) is 0 Å². The normalized spacial score (nSPS) is 13.8. The average Bonchev–Trinajstić information content (AvgIpc) is 1.14. The maximum Gasteiger partial charge on any atom is 0.175 e. The molecule has 0 aliphatic heterocycles. The van der Waals surface area contributed by atoms with Gasteiger partial charge in [0.2, 0.25) is 0 Å². The summed E-state index contributed by atoms with van der Waals surface area (Å²) in [6, 6.07) is 0. The molecule has 0 heterocycles. The van der Waals surface area contributed by atoms with E-state index in [1.807, 2.05) is 0 Å². The lowest BCUT2D eigenvalue weighted by atomic mass is 12.0. The molecule has 0 saturated heterocycles. The first-order chi connectivity index (χ1) is 3.71. The zero-order chi connectivity index (χ0) is 7.71. The summed E-state index contributed by atoms with van der Waals surface area (Å²) in [6.45, 7) is 0. The van der Waals surface area contributed by atoms with Gasteiger partial charge in [-0.2, -0.15) is 0 Å². The number of hydrogen-bond donors (Lipinski definition) is 0. The fourth-order valence-corrected chi connectivity index (χ4v) is 6.50. The van der Waals surface area contributed by atoms with Gasteiger partial charge in [-0.1, -0.05) is 45.0 Å². The monoisotopic (exact) mass is 246 g/mol. The molecule has 0 aliphatic carbocycles. The highest BCUT2D eigenvalue weighted by molar-refractivity contribution is 8.21. The first-order valence-corrected chi connectivity index (χ1v) is 9.08. The molecular weight excluding hydrogens is 244 g/mol. The molecule has 0 saturated carbocycles. The summed E-state index contributed by atoms with van der Waals surface area (Å²) in [7, 11) is 0. The van der Waals surface area contributed by atoms with Crippen LogP contribution in [0.1, 0.15) is 0 Å². The maximum absolute atomic E-state index is 5.38. The molecule has 9 heavy (non-hydrogen) atoms. The predicted octanol–water partition coefficient (Wildman–Crippen LogP) is 4.35. The summed E-state index contributed by atoms with van der Waals surface area (Å²) in [4.78, 5) is 0. The molecule has 0 fully saturated rings. The molecule has 0 aromatic heterocycles. The van der Waals surface area contributed by atoms with Crippen LogP contribution in [0.2, 0.25) is 0 Å². The van der Waals surface area contributed by atoms with Crippen molar-refractivity contribution in [3.63, 3.8) is 0 Å². The molecule has 7 heteroatoms. The molecule has 0 bridgehead atoms. The molecule has 0 spiro atoms. The highest BCUT2D eigenvalue weighted by atomic mass is 35.9. The van der Waals surface area contributed by atoms with Gasteiger partial charge in [0, 0.05) is 0 Å². The third-order valence-electron chi connectivity index (χ3n) is 0.239. The Labute approximate surface area is 73.5 Å². The minimum absolute atomic E-state index is 2.62.